The Bertz CT molecular complexity index is 493. The summed E-state index contributed by atoms with van der Waals surface area (Å²) in [5.74, 6) is 0.106. The second kappa shape index (κ2) is 3.99. The van der Waals surface area contributed by atoms with Crippen molar-refractivity contribution in [2.24, 2.45) is 0 Å². The van der Waals surface area contributed by atoms with E-state index in [2.05, 4.69) is 5.32 Å². The monoisotopic (exact) mass is 246 g/mol. The van der Waals surface area contributed by atoms with Crippen LogP contribution in [0, 0.1) is 6.92 Å². The summed E-state index contributed by atoms with van der Waals surface area (Å²) >= 11 is 0. The highest BCUT2D eigenvalue weighted by atomic mass is 16.5. The Morgan fingerprint density at radius 3 is 2.78 bits per heavy atom. The van der Waals surface area contributed by atoms with Crippen LogP contribution < -0.4 is 5.32 Å². The number of nitrogens with zero attached hydrogens (tertiary/aromatic N) is 1. The first-order valence-corrected chi connectivity index (χ1v) is 6.37. The molecule has 4 nitrogen and oxygen atoms in total. The number of hydrogen-bond acceptors (Lipinski definition) is 3. The van der Waals surface area contributed by atoms with Crippen molar-refractivity contribution in [3.63, 3.8) is 0 Å². The van der Waals surface area contributed by atoms with Crippen LogP contribution in [0.2, 0.25) is 0 Å². The Morgan fingerprint density at radius 1 is 1.33 bits per heavy atom. The van der Waals surface area contributed by atoms with Gasteiger partial charge in [-0.25, -0.2) is 0 Å². The predicted molar refractivity (Wildman–Crippen MR) is 69.7 cm³/mol. The minimum absolute atomic E-state index is 0.106. The van der Waals surface area contributed by atoms with Crippen LogP contribution in [0.15, 0.2) is 18.2 Å². The molecule has 1 saturated heterocycles. The van der Waals surface area contributed by atoms with E-state index in [0.717, 1.165) is 29.7 Å². The Balaban J connectivity index is 2.04. The Morgan fingerprint density at radius 2 is 2.06 bits per heavy atom. The van der Waals surface area contributed by atoms with Crippen molar-refractivity contribution in [2.45, 2.75) is 25.4 Å². The summed E-state index contributed by atoms with van der Waals surface area (Å²) in [5.41, 5.74) is 2.57. The van der Waals surface area contributed by atoms with Gasteiger partial charge in [0.2, 0.25) is 0 Å². The maximum atomic E-state index is 12.5. The van der Waals surface area contributed by atoms with E-state index in [1.165, 1.54) is 0 Å². The number of anilines is 1. The number of aryl methyl sites for hydroxylation is 1. The highest BCUT2D eigenvalue weighted by molar-refractivity contribution is 6.02. The Kier molecular flexibility index (Phi) is 2.55. The minimum Gasteiger partial charge on any atom is -0.381 e. The van der Waals surface area contributed by atoms with Gasteiger partial charge in [0.25, 0.3) is 5.91 Å². The average molecular weight is 246 g/mol. The second-order valence-corrected chi connectivity index (χ2v) is 5.18. The molecule has 2 heterocycles. The molecule has 4 heteroatoms. The average Bonchev–Trinajstić information content (AvgIpc) is 2.39. The van der Waals surface area contributed by atoms with Crippen LogP contribution in [-0.4, -0.2) is 36.7 Å². The molecule has 1 spiro atoms. The maximum absolute atomic E-state index is 12.5. The largest absolute Gasteiger partial charge is 0.381 e. The van der Waals surface area contributed by atoms with E-state index in [1.807, 2.05) is 37.1 Å². The molecule has 0 atom stereocenters. The standard InChI is InChI=1S/C14H18N2O2/c1-10-3-4-12-11(9-10)13(17)16(2)14(15-12)5-7-18-8-6-14/h3-4,9,15H,5-8H2,1-2H3. The van der Waals surface area contributed by atoms with Gasteiger partial charge in [-0.2, -0.15) is 0 Å². The lowest BCUT2D eigenvalue weighted by Crippen LogP contribution is -2.60. The van der Waals surface area contributed by atoms with Gasteiger partial charge in [-0.3, -0.25) is 4.79 Å². The summed E-state index contributed by atoms with van der Waals surface area (Å²) in [6.07, 6.45) is 1.67. The van der Waals surface area contributed by atoms with Gasteiger partial charge < -0.3 is 15.0 Å². The Hall–Kier alpha value is -1.55. The van der Waals surface area contributed by atoms with Gasteiger partial charge in [-0.05, 0) is 19.1 Å². The summed E-state index contributed by atoms with van der Waals surface area (Å²) in [6, 6.07) is 6.00. The first-order chi connectivity index (χ1) is 8.62. The van der Waals surface area contributed by atoms with Gasteiger partial charge >= 0.3 is 0 Å². The third-order valence-electron chi connectivity index (χ3n) is 4.04. The molecule has 18 heavy (non-hydrogen) atoms. The van der Waals surface area contributed by atoms with Crippen LogP contribution in [0.1, 0.15) is 28.8 Å². The number of fused-ring (bicyclic) bond motifs is 1. The van der Waals surface area contributed by atoms with Crippen LogP contribution in [0.5, 0.6) is 0 Å². The van der Waals surface area contributed by atoms with Crippen LogP contribution in [0.25, 0.3) is 0 Å². The van der Waals surface area contributed by atoms with Crippen molar-refractivity contribution >= 4 is 11.6 Å². The van der Waals surface area contributed by atoms with E-state index >= 15 is 0 Å². The van der Waals surface area contributed by atoms with Crippen molar-refractivity contribution in [1.82, 2.24) is 4.90 Å². The highest BCUT2D eigenvalue weighted by Gasteiger charge is 2.43. The minimum atomic E-state index is -0.266. The van der Waals surface area contributed by atoms with Crippen molar-refractivity contribution in [2.75, 3.05) is 25.6 Å². The molecule has 2 aliphatic rings. The lowest BCUT2D eigenvalue weighted by molar-refractivity contribution is -0.00111. The SMILES string of the molecule is Cc1ccc2c(c1)C(=O)N(C)C1(CCOCC1)N2. The Labute approximate surface area is 107 Å². The van der Waals surface area contributed by atoms with Gasteiger partial charge in [-0.15, -0.1) is 0 Å². The molecular weight excluding hydrogens is 228 g/mol. The molecule has 1 aromatic rings. The molecule has 1 amide bonds. The van der Waals surface area contributed by atoms with Gasteiger partial charge in [0.15, 0.2) is 0 Å². The number of benzene rings is 1. The molecule has 3 rings (SSSR count). The molecule has 0 unspecified atom stereocenters. The number of hydrogen-bond donors (Lipinski definition) is 1. The number of ether oxygens (including phenoxy) is 1. The van der Waals surface area contributed by atoms with Crippen molar-refractivity contribution in [1.29, 1.82) is 0 Å². The molecule has 0 aliphatic carbocycles. The molecule has 0 aromatic heterocycles. The lowest BCUT2D eigenvalue weighted by atomic mass is 9.92. The van der Waals surface area contributed by atoms with Gasteiger partial charge in [0.05, 0.1) is 18.8 Å². The number of amides is 1. The zero-order valence-corrected chi connectivity index (χ0v) is 10.8. The molecule has 0 saturated carbocycles. The molecule has 1 N–H and O–H groups in total. The van der Waals surface area contributed by atoms with Crippen molar-refractivity contribution in [3.8, 4) is 0 Å². The number of carbonyl (C=O) groups is 1. The summed E-state index contributed by atoms with van der Waals surface area (Å²) in [7, 11) is 1.88. The summed E-state index contributed by atoms with van der Waals surface area (Å²) in [5, 5.41) is 3.54. The van der Waals surface area contributed by atoms with Gasteiger partial charge in [0.1, 0.15) is 5.66 Å². The van der Waals surface area contributed by atoms with E-state index in [1.54, 1.807) is 0 Å². The summed E-state index contributed by atoms with van der Waals surface area (Å²) < 4.78 is 5.41. The van der Waals surface area contributed by atoms with Gasteiger partial charge in [0, 0.05) is 25.6 Å². The fraction of sp³-hybridized carbons (Fsp3) is 0.500. The first kappa shape index (κ1) is 11.5. The second-order valence-electron chi connectivity index (χ2n) is 5.18. The molecule has 96 valence electrons. The quantitative estimate of drug-likeness (QED) is 0.761. The first-order valence-electron chi connectivity index (χ1n) is 6.37. The molecular formula is C14H18N2O2. The van der Waals surface area contributed by atoms with E-state index in [0.29, 0.717) is 13.2 Å². The normalized spacial score (nSPS) is 21.7. The van der Waals surface area contributed by atoms with E-state index < -0.39 is 0 Å². The van der Waals surface area contributed by atoms with Crippen molar-refractivity contribution < 1.29 is 9.53 Å². The predicted octanol–water partition coefficient (Wildman–Crippen LogP) is 2.00. The third-order valence-corrected chi connectivity index (χ3v) is 4.04. The van der Waals surface area contributed by atoms with E-state index in [9.17, 15) is 4.79 Å². The van der Waals surface area contributed by atoms with Crippen molar-refractivity contribution in [3.05, 3.63) is 29.3 Å². The zero-order chi connectivity index (χ0) is 12.8. The van der Waals surface area contributed by atoms with E-state index in [-0.39, 0.29) is 11.6 Å². The molecule has 0 radical (unpaired) electrons. The fourth-order valence-corrected chi connectivity index (χ4v) is 2.82. The summed E-state index contributed by atoms with van der Waals surface area (Å²) in [4.78, 5) is 14.3. The molecule has 1 fully saturated rings. The molecule has 0 bridgehead atoms. The maximum Gasteiger partial charge on any atom is 0.257 e. The molecule has 2 aliphatic heterocycles. The number of rotatable bonds is 0. The van der Waals surface area contributed by atoms with E-state index in [4.69, 9.17) is 4.74 Å². The third kappa shape index (κ3) is 1.60. The lowest BCUT2D eigenvalue weighted by Gasteiger charge is -2.48. The summed E-state index contributed by atoms with van der Waals surface area (Å²) in [6.45, 7) is 3.41. The number of nitrogens with one attached hydrogen (secondary N) is 1. The van der Waals surface area contributed by atoms with Crippen LogP contribution >= 0.6 is 0 Å². The molecule has 1 aromatic carbocycles. The van der Waals surface area contributed by atoms with Crippen LogP contribution in [0.3, 0.4) is 0 Å². The smallest absolute Gasteiger partial charge is 0.257 e. The number of carbonyl (C=O) groups excluding carboxylic acids is 1. The van der Waals surface area contributed by atoms with Crippen LogP contribution in [0.4, 0.5) is 5.69 Å². The highest BCUT2D eigenvalue weighted by Crippen LogP contribution is 2.36. The van der Waals surface area contributed by atoms with Crippen LogP contribution in [-0.2, 0) is 4.74 Å². The zero-order valence-electron chi connectivity index (χ0n) is 10.8. The van der Waals surface area contributed by atoms with Gasteiger partial charge in [-0.1, -0.05) is 11.6 Å². The fourth-order valence-electron chi connectivity index (χ4n) is 2.82. The topological polar surface area (TPSA) is 41.6 Å².